The van der Waals surface area contributed by atoms with Gasteiger partial charge in [0.05, 0.1) is 7.11 Å². The van der Waals surface area contributed by atoms with E-state index in [0.29, 0.717) is 5.92 Å². The molecule has 1 unspecified atom stereocenters. The van der Waals surface area contributed by atoms with Crippen LogP contribution in [0.25, 0.3) is 0 Å². The Balaban J connectivity index is 1.74. The fourth-order valence-corrected chi connectivity index (χ4v) is 3.01. The maximum atomic E-state index is 13.0. The van der Waals surface area contributed by atoms with E-state index in [-0.39, 0.29) is 5.82 Å². The molecule has 21 heavy (non-hydrogen) atoms. The van der Waals surface area contributed by atoms with Crippen LogP contribution in [-0.4, -0.2) is 20.2 Å². The first-order chi connectivity index (χ1) is 10.3. The zero-order chi connectivity index (χ0) is 14.7. The van der Waals surface area contributed by atoms with E-state index in [1.807, 2.05) is 24.3 Å². The summed E-state index contributed by atoms with van der Waals surface area (Å²) in [6.07, 6.45) is 2.36. The van der Waals surface area contributed by atoms with E-state index in [4.69, 9.17) is 4.74 Å². The lowest BCUT2D eigenvalue weighted by Gasteiger charge is -2.34. The zero-order valence-corrected chi connectivity index (χ0v) is 12.3. The third kappa shape index (κ3) is 3.18. The largest absolute Gasteiger partial charge is 0.497 e. The fraction of sp³-hybridized carbons (Fsp3) is 0.333. The van der Waals surface area contributed by atoms with Gasteiger partial charge in [-0.15, -0.1) is 0 Å². The highest BCUT2D eigenvalue weighted by Crippen LogP contribution is 2.30. The van der Waals surface area contributed by atoms with E-state index in [9.17, 15) is 4.39 Å². The number of benzene rings is 2. The van der Waals surface area contributed by atoms with Crippen molar-refractivity contribution >= 4 is 5.69 Å². The lowest BCUT2D eigenvalue weighted by atomic mass is 9.90. The van der Waals surface area contributed by atoms with Crippen molar-refractivity contribution in [2.24, 2.45) is 0 Å². The highest BCUT2D eigenvalue weighted by Gasteiger charge is 2.21. The summed E-state index contributed by atoms with van der Waals surface area (Å²) in [6, 6.07) is 15.1. The van der Waals surface area contributed by atoms with E-state index < -0.39 is 0 Å². The molecule has 1 fully saturated rings. The van der Waals surface area contributed by atoms with Crippen molar-refractivity contribution in [2.45, 2.75) is 18.8 Å². The molecule has 1 atom stereocenters. The van der Waals surface area contributed by atoms with Gasteiger partial charge in [0, 0.05) is 24.7 Å². The molecule has 0 amide bonds. The van der Waals surface area contributed by atoms with Crippen molar-refractivity contribution < 1.29 is 9.13 Å². The molecule has 110 valence electrons. The first kappa shape index (κ1) is 13.9. The van der Waals surface area contributed by atoms with E-state index in [0.717, 1.165) is 30.9 Å². The standard InChI is InChI=1S/C18H20FNO/c1-21-18-10-4-14(5-11-18)15-3-2-12-20(13-15)17-8-6-16(19)7-9-17/h4-11,15H,2-3,12-13H2,1H3. The average molecular weight is 285 g/mol. The van der Waals surface area contributed by atoms with Gasteiger partial charge in [-0.05, 0) is 54.8 Å². The quantitative estimate of drug-likeness (QED) is 0.837. The first-order valence-corrected chi connectivity index (χ1v) is 7.41. The van der Waals surface area contributed by atoms with Gasteiger partial charge in [0.2, 0.25) is 0 Å². The molecule has 3 heteroatoms. The third-order valence-corrected chi connectivity index (χ3v) is 4.20. The van der Waals surface area contributed by atoms with Gasteiger partial charge in [-0.1, -0.05) is 12.1 Å². The summed E-state index contributed by atoms with van der Waals surface area (Å²) in [5.74, 6) is 1.24. The number of anilines is 1. The van der Waals surface area contributed by atoms with Gasteiger partial charge in [0.15, 0.2) is 0 Å². The molecule has 0 N–H and O–H groups in total. The molecule has 2 aromatic carbocycles. The van der Waals surface area contributed by atoms with Crippen molar-refractivity contribution in [1.29, 1.82) is 0 Å². The van der Waals surface area contributed by atoms with Crippen LogP contribution in [0.1, 0.15) is 24.3 Å². The van der Waals surface area contributed by atoms with Crippen LogP contribution in [0.3, 0.4) is 0 Å². The second-order valence-electron chi connectivity index (χ2n) is 5.53. The summed E-state index contributed by atoms with van der Waals surface area (Å²) in [5, 5.41) is 0. The van der Waals surface area contributed by atoms with Crippen LogP contribution in [-0.2, 0) is 0 Å². The molecule has 1 saturated heterocycles. The number of halogens is 1. The summed E-state index contributed by atoms with van der Waals surface area (Å²) in [5.41, 5.74) is 2.46. The molecular weight excluding hydrogens is 265 g/mol. The van der Waals surface area contributed by atoms with Crippen LogP contribution in [0.5, 0.6) is 5.75 Å². The molecule has 0 saturated carbocycles. The summed E-state index contributed by atoms with van der Waals surface area (Å²) in [6.45, 7) is 2.02. The molecule has 1 aliphatic rings. The highest BCUT2D eigenvalue weighted by molar-refractivity contribution is 5.47. The molecule has 0 spiro atoms. The topological polar surface area (TPSA) is 12.5 Å². The Bertz CT molecular complexity index is 579. The second-order valence-corrected chi connectivity index (χ2v) is 5.53. The molecule has 2 nitrogen and oxygen atoms in total. The van der Waals surface area contributed by atoms with Crippen molar-refractivity contribution in [3.05, 3.63) is 59.9 Å². The number of piperidine rings is 1. The van der Waals surface area contributed by atoms with Crippen molar-refractivity contribution in [2.75, 3.05) is 25.1 Å². The Labute approximate surface area is 125 Å². The number of hydrogen-bond donors (Lipinski definition) is 0. The van der Waals surface area contributed by atoms with E-state index in [1.54, 1.807) is 7.11 Å². The molecule has 0 aromatic heterocycles. The minimum absolute atomic E-state index is 0.178. The average Bonchev–Trinajstić information content (AvgIpc) is 2.56. The first-order valence-electron chi connectivity index (χ1n) is 7.41. The van der Waals surface area contributed by atoms with Gasteiger partial charge in [-0.2, -0.15) is 0 Å². The van der Waals surface area contributed by atoms with Crippen LogP contribution in [0.2, 0.25) is 0 Å². The van der Waals surface area contributed by atoms with E-state index >= 15 is 0 Å². The summed E-state index contributed by atoms with van der Waals surface area (Å²) < 4.78 is 18.2. The molecule has 3 rings (SSSR count). The third-order valence-electron chi connectivity index (χ3n) is 4.20. The Morgan fingerprint density at radius 2 is 1.76 bits per heavy atom. The monoisotopic (exact) mass is 285 g/mol. The van der Waals surface area contributed by atoms with Gasteiger partial charge < -0.3 is 9.64 Å². The van der Waals surface area contributed by atoms with Gasteiger partial charge in [-0.25, -0.2) is 4.39 Å². The lowest BCUT2D eigenvalue weighted by Crippen LogP contribution is -2.34. The molecule has 0 aliphatic carbocycles. The Morgan fingerprint density at radius 1 is 1.05 bits per heavy atom. The van der Waals surface area contributed by atoms with Gasteiger partial charge in [-0.3, -0.25) is 0 Å². The maximum absolute atomic E-state index is 13.0. The smallest absolute Gasteiger partial charge is 0.123 e. The Morgan fingerprint density at radius 3 is 2.43 bits per heavy atom. The summed E-state index contributed by atoms with van der Waals surface area (Å²) in [4.78, 5) is 2.35. The SMILES string of the molecule is COc1ccc(C2CCCN(c3ccc(F)cc3)C2)cc1. The van der Waals surface area contributed by atoms with Crippen LogP contribution in [0, 0.1) is 5.82 Å². The predicted molar refractivity (Wildman–Crippen MR) is 83.6 cm³/mol. The van der Waals surface area contributed by atoms with E-state index in [1.165, 1.54) is 24.1 Å². The number of methoxy groups -OCH3 is 1. The molecule has 0 bridgehead atoms. The van der Waals surface area contributed by atoms with Gasteiger partial charge >= 0.3 is 0 Å². The number of ether oxygens (including phenoxy) is 1. The second kappa shape index (κ2) is 6.17. The molecule has 2 aromatic rings. The number of rotatable bonds is 3. The predicted octanol–water partition coefficient (Wildman–Crippen LogP) is 4.22. The molecule has 0 radical (unpaired) electrons. The van der Waals surface area contributed by atoms with Crippen LogP contribution in [0.4, 0.5) is 10.1 Å². The number of hydrogen-bond acceptors (Lipinski definition) is 2. The van der Waals surface area contributed by atoms with Crippen LogP contribution >= 0.6 is 0 Å². The zero-order valence-electron chi connectivity index (χ0n) is 12.3. The summed E-state index contributed by atoms with van der Waals surface area (Å²) in [7, 11) is 1.69. The molecular formula is C18H20FNO. The van der Waals surface area contributed by atoms with Crippen molar-refractivity contribution in [3.8, 4) is 5.75 Å². The van der Waals surface area contributed by atoms with Crippen LogP contribution in [0.15, 0.2) is 48.5 Å². The number of nitrogens with zero attached hydrogens (tertiary/aromatic N) is 1. The van der Waals surface area contributed by atoms with Crippen molar-refractivity contribution in [1.82, 2.24) is 0 Å². The van der Waals surface area contributed by atoms with Gasteiger partial charge in [0.1, 0.15) is 11.6 Å². The van der Waals surface area contributed by atoms with E-state index in [2.05, 4.69) is 17.0 Å². The minimum atomic E-state index is -0.178. The fourth-order valence-electron chi connectivity index (χ4n) is 3.01. The van der Waals surface area contributed by atoms with Crippen LogP contribution < -0.4 is 9.64 Å². The van der Waals surface area contributed by atoms with Gasteiger partial charge in [0.25, 0.3) is 0 Å². The maximum Gasteiger partial charge on any atom is 0.123 e. The Hall–Kier alpha value is -2.03. The highest BCUT2D eigenvalue weighted by atomic mass is 19.1. The normalized spacial score (nSPS) is 18.6. The minimum Gasteiger partial charge on any atom is -0.497 e. The molecule has 1 heterocycles. The lowest BCUT2D eigenvalue weighted by molar-refractivity contribution is 0.414. The van der Waals surface area contributed by atoms with Crippen molar-refractivity contribution in [3.63, 3.8) is 0 Å². The summed E-state index contributed by atoms with van der Waals surface area (Å²) >= 11 is 0. The molecule has 1 aliphatic heterocycles. The Kier molecular flexibility index (Phi) is 4.09.